The molecule has 1 amide bonds. The lowest BCUT2D eigenvalue weighted by Gasteiger charge is -2.32. The van der Waals surface area contributed by atoms with E-state index in [1.54, 1.807) is 37.5 Å². The molecule has 7 nitrogen and oxygen atoms in total. The Balaban J connectivity index is 1.56. The number of aromatic nitrogens is 2. The van der Waals surface area contributed by atoms with E-state index in [2.05, 4.69) is 41.9 Å². The predicted molar refractivity (Wildman–Crippen MR) is 174 cm³/mol. The van der Waals surface area contributed by atoms with Crippen LogP contribution < -0.4 is 0 Å². The van der Waals surface area contributed by atoms with Crippen LogP contribution in [-0.2, 0) is 11.2 Å². The summed E-state index contributed by atoms with van der Waals surface area (Å²) in [5.74, 6) is 0.419. The Kier molecular flexibility index (Phi) is 11.6. The fourth-order valence-electron chi connectivity index (χ4n) is 6.39. The molecule has 1 unspecified atom stereocenters. The van der Waals surface area contributed by atoms with E-state index in [4.69, 9.17) is 16.3 Å². The SMILES string of the molecule is COCCN(C)CCCC(C(C)C)N1CC[C@H](Cc2cn(-c3ccc(F)cc3C(=O)N(C)C(C)C)c3cncc(Cl)c23)C1. The Hall–Kier alpha value is -2.52. The summed E-state index contributed by atoms with van der Waals surface area (Å²) < 4.78 is 21.6. The van der Waals surface area contributed by atoms with Gasteiger partial charge in [-0.3, -0.25) is 14.7 Å². The third kappa shape index (κ3) is 7.96. The summed E-state index contributed by atoms with van der Waals surface area (Å²) in [7, 11) is 5.66. The summed E-state index contributed by atoms with van der Waals surface area (Å²) >= 11 is 6.77. The molecule has 9 heteroatoms. The zero-order valence-corrected chi connectivity index (χ0v) is 27.7. The van der Waals surface area contributed by atoms with E-state index in [1.165, 1.54) is 25.0 Å². The first-order valence-corrected chi connectivity index (χ1v) is 16.0. The van der Waals surface area contributed by atoms with Gasteiger partial charge in [-0.1, -0.05) is 25.4 Å². The summed E-state index contributed by atoms with van der Waals surface area (Å²) in [5.41, 5.74) is 2.90. The summed E-state index contributed by atoms with van der Waals surface area (Å²) in [5, 5.41) is 1.54. The first-order valence-electron chi connectivity index (χ1n) is 15.6. The number of benzene rings is 1. The zero-order chi connectivity index (χ0) is 31.3. The van der Waals surface area contributed by atoms with E-state index in [0.717, 1.165) is 62.1 Å². The highest BCUT2D eigenvalue weighted by molar-refractivity contribution is 6.35. The summed E-state index contributed by atoms with van der Waals surface area (Å²) in [6, 6.07) is 4.95. The van der Waals surface area contributed by atoms with Crippen molar-refractivity contribution in [3.8, 4) is 5.69 Å². The van der Waals surface area contributed by atoms with Crippen molar-refractivity contribution in [1.29, 1.82) is 0 Å². The lowest BCUT2D eigenvalue weighted by molar-refractivity contribution is 0.0754. The Morgan fingerprint density at radius 3 is 2.65 bits per heavy atom. The molecule has 1 aliphatic rings. The molecule has 2 aromatic heterocycles. The number of carbonyl (C=O) groups is 1. The molecule has 236 valence electrons. The largest absolute Gasteiger partial charge is 0.383 e. The number of methoxy groups -OCH3 is 1. The minimum atomic E-state index is -0.440. The quantitative estimate of drug-likeness (QED) is 0.206. The van der Waals surface area contributed by atoms with Crippen molar-refractivity contribution in [3.05, 3.63) is 58.8 Å². The number of hydrogen-bond donors (Lipinski definition) is 0. The summed E-state index contributed by atoms with van der Waals surface area (Å²) in [6.07, 6.45) is 9.91. The molecule has 1 saturated heterocycles. The average Bonchev–Trinajstić information content (AvgIpc) is 3.58. The minimum Gasteiger partial charge on any atom is -0.383 e. The molecule has 1 aliphatic heterocycles. The van der Waals surface area contributed by atoms with Gasteiger partial charge in [0.25, 0.3) is 5.91 Å². The van der Waals surface area contributed by atoms with E-state index in [-0.39, 0.29) is 11.9 Å². The van der Waals surface area contributed by atoms with Crippen LogP contribution in [0.4, 0.5) is 4.39 Å². The van der Waals surface area contributed by atoms with Crippen molar-refractivity contribution in [2.24, 2.45) is 11.8 Å². The second-order valence-corrected chi connectivity index (χ2v) is 13.2. The first-order chi connectivity index (χ1) is 20.5. The topological polar surface area (TPSA) is 53.8 Å². The molecule has 2 atom stereocenters. The van der Waals surface area contributed by atoms with Crippen LogP contribution >= 0.6 is 11.6 Å². The van der Waals surface area contributed by atoms with Gasteiger partial charge in [0.2, 0.25) is 0 Å². The van der Waals surface area contributed by atoms with Gasteiger partial charge < -0.3 is 19.1 Å². The van der Waals surface area contributed by atoms with Crippen molar-refractivity contribution in [3.63, 3.8) is 0 Å². The highest BCUT2D eigenvalue weighted by Crippen LogP contribution is 2.35. The first kappa shape index (κ1) is 33.4. The van der Waals surface area contributed by atoms with Crippen molar-refractivity contribution in [2.45, 2.75) is 65.5 Å². The molecule has 0 radical (unpaired) electrons. The van der Waals surface area contributed by atoms with Gasteiger partial charge in [0.1, 0.15) is 5.82 Å². The molecule has 1 fully saturated rings. The number of hydrogen-bond acceptors (Lipinski definition) is 5. The standard InChI is InChI=1S/C34H49ClFN5O2/c1-23(2)30(9-8-13-38(5)15-16-43-7)40-14-12-25(21-40)17-26-22-41(32-20-37-19-29(35)33(26)32)31-11-10-27(36)18-28(31)34(42)39(6)24(3)4/h10-11,18-20,22-25,30H,8-9,12-17,21H2,1-7H3/t25-,30?/m1/s1. The average molecular weight is 614 g/mol. The Bertz CT molecular complexity index is 1380. The van der Waals surface area contributed by atoms with Crippen molar-refractivity contribution in [1.82, 2.24) is 24.3 Å². The number of fused-ring (bicyclic) bond motifs is 1. The van der Waals surface area contributed by atoms with Gasteiger partial charge in [-0.2, -0.15) is 0 Å². The molecule has 43 heavy (non-hydrogen) atoms. The second-order valence-electron chi connectivity index (χ2n) is 12.8. The van der Waals surface area contributed by atoms with Gasteiger partial charge in [0, 0.05) is 57.1 Å². The van der Waals surface area contributed by atoms with Crippen LogP contribution in [0.5, 0.6) is 0 Å². The van der Waals surface area contributed by atoms with E-state index in [9.17, 15) is 9.18 Å². The van der Waals surface area contributed by atoms with Crippen molar-refractivity contribution >= 4 is 28.4 Å². The minimum absolute atomic E-state index is 0.0201. The summed E-state index contributed by atoms with van der Waals surface area (Å²) in [6.45, 7) is 13.5. The van der Waals surface area contributed by atoms with E-state index >= 15 is 0 Å². The highest BCUT2D eigenvalue weighted by atomic mass is 35.5. The molecule has 4 rings (SSSR count). The van der Waals surface area contributed by atoms with Crippen LogP contribution in [0, 0.1) is 17.7 Å². The Morgan fingerprint density at radius 2 is 1.95 bits per heavy atom. The van der Waals surface area contributed by atoms with Gasteiger partial charge in [0.15, 0.2) is 0 Å². The van der Waals surface area contributed by atoms with Crippen LogP contribution in [0.15, 0.2) is 36.8 Å². The lowest BCUT2D eigenvalue weighted by atomic mass is 9.96. The van der Waals surface area contributed by atoms with Crippen LogP contribution in [0.3, 0.4) is 0 Å². The Labute approximate surface area is 261 Å². The molecule has 0 N–H and O–H groups in total. The third-order valence-corrected chi connectivity index (χ3v) is 9.36. The van der Waals surface area contributed by atoms with E-state index < -0.39 is 5.82 Å². The number of amides is 1. The molecule has 0 saturated carbocycles. The fourth-order valence-corrected chi connectivity index (χ4v) is 6.67. The van der Waals surface area contributed by atoms with Crippen LogP contribution in [-0.4, -0.2) is 96.2 Å². The molecule has 0 bridgehead atoms. The van der Waals surface area contributed by atoms with Gasteiger partial charge >= 0.3 is 0 Å². The molecular formula is C34H49ClFN5O2. The molecule has 0 aliphatic carbocycles. The molecule has 0 spiro atoms. The van der Waals surface area contributed by atoms with Crippen molar-refractivity contribution < 1.29 is 13.9 Å². The molecular weight excluding hydrogens is 565 g/mol. The Morgan fingerprint density at radius 1 is 1.19 bits per heavy atom. The zero-order valence-electron chi connectivity index (χ0n) is 26.9. The molecule has 1 aromatic carbocycles. The van der Waals surface area contributed by atoms with Crippen LogP contribution in [0.2, 0.25) is 5.02 Å². The number of carbonyl (C=O) groups excluding carboxylic acids is 1. The fraction of sp³-hybridized carbons (Fsp3) is 0.588. The van der Waals surface area contributed by atoms with Gasteiger partial charge in [0.05, 0.1) is 34.6 Å². The number of likely N-dealkylation sites (N-methyl/N-ethyl adjacent to an activating group) is 1. The van der Waals surface area contributed by atoms with E-state index in [1.807, 2.05) is 18.4 Å². The maximum Gasteiger partial charge on any atom is 0.256 e. The predicted octanol–water partition coefficient (Wildman–Crippen LogP) is 6.55. The lowest BCUT2D eigenvalue weighted by Crippen LogP contribution is -2.38. The van der Waals surface area contributed by atoms with Crippen LogP contribution in [0.1, 0.15) is 62.9 Å². The molecule has 3 aromatic rings. The molecule has 3 heterocycles. The maximum atomic E-state index is 14.4. The number of halogens is 2. The maximum absolute atomic E-state index is 14.4. The van der Waals surface area contributed by atoms with Gasteiger partial charge in [-0.25, -0.2) is 4.39 Å². The highest BCUT2D eigenvalue weighted by Gasteiger charge is 2.31. The third-order valence-electron chi connectivity index (χ3n) is 9.07. The number of pyridine rings is 1. The number of ether oxygens (including phenoxy) is 1. The van der Waals surface area contributed by atoms with Crippen molar-refractivity contribution in [2.75, 3.05) is 54.0 Å². The van der Waals surface area contributed by atoms with Gasteiger partial charge in [-0.15, -0.1) is 0 Å². The number of nitrogens with zero attached hydrogens (tertiary/aromatic N) is 5. The number of likely N-dealkylation sites (tertiary alicyclic amines) is 1. The second kappa shape index (κ2) is 15.0. The number of rotatable bonds is 14. The smallest absolute Gasteiger partial charge is 0.256 e. The normalized spacial score (nSPS) is 16.7. The monoisotopic (exact) mass is 613 g/mol. The summed E-state index contributed by atoms with van der Waals surface area (Å²) in [4.78, 5) is 24.5. The van der Waals surface area contributed by atoms with Gasteiger partial charge in [-0.05, 0) is 95.3 Å². The van der Waals surface area contributed by atoms with Crippen LogP contribution in [0.25, 0.3) is 16.6 Å². The van der Waals surface area contributed by atoms with E-state index in [0.29, 0.717) is 34.2 Å².